The van der Waals surface area contributed by atoms with Gasteiger partial charge in [0.15, 0.2) is 0 Å². The number of carbonyl (C=O) groups excluding carboxylic acids is 1. The zero-order valence-electron chi connectivity index (χ0n) is 9.77. The average molecular weight is 253 g/mol. The maximum absolute atomic E-state index is 10.6. The molecule has 1 aromatic rings. The molecular weight excluding hydrogens is 236 g/mol. The fraction of sp³-hybridized carbons (Fsp3) is 0.500. The zero-order chi connectivity index (χ0) is 12.1. The molecule has 0 atom stereocenters. The van der Waals surface area contributed by atoms with Crippen molar-refractivity contribution in [3.63, 3.8) is 0 Å². The number of hydrogen-bond acceptors (Lipinski definition) is 2. The summed E-state index contributed by atoms with van der Waals surface area (Å²) < 4.78 is 5.84. The Balaban J connectivity index is 1.75. The highest BCUT2D eigenvalue weighted by Crippen LogP contribution is 2.25. The van der Waals surface area contributed by atoms with E-state index in [1.165, 1.54) is 0 Å². The first kappa shape index (κ1) is 12.6. The summed E-state index contributed by atoms with van der Waals surface area (Å²) in [5.41, 5.74) is 1.15. The minimum Gasteiger partial charge on any atom is -0.374 e. The van der Waals surface area contributed by atoms with Crippen LogP contribution in [-0.4, -0.2) is 12.4 Å². The Morgan fingerprint density at radius 3 is 2.41 bits per heavy atom. The van der Waals surface area contributed by atoms with E-state index in [4.69, 9.17) is 16.3 Å². The van der Waals surface area contributed by atoms with Gasteiger partial charge >= 0.3 is 0 Å². The number of carbonyl (C=O) groups is 1. The van der Waals surface area contributed by atoms with Crippen molar-refractivity contribution in [2.75, 3.05) is 0 Å². The van der Waals surface area contributed by atoms with Crippen molar-refractivity contribution in [2.45, 2.75) is 38.4 Å². The Morgan fingerprint density at radius 1 is 1.18 bits per heavy atom. The smallest absolute Gasteiger partial charge is 0.123 e. The first-order valence-electron chi connectivity index (χ1n) is 6.09. The van der Waals surface area contributed by atoms with Crippen molar-refractivity contribution in [3.05, 3.63) is 34.9 Å². The molecule has 1 aromatic carbocycles. The molecule has 1 saturated carbocycles. The van der Waals surface area contributed by atoms with Gasteiger partial charge in [-0.2, -0.15) is 0 Å². The summed E-state index contributed by atoms with van der Waals surface area (Å²) in [6.07, 6.45) is 5.31. The molecule has 2 rings (SSSR count). The maximum Gasteiger partial charge on any atom is 0.123 e. The van der Waals surface area contributed by atoms with E-state index in [9.17, 15) is 4.79 Å². The van der Waals surface area contributed by atoms with Crippen LogP contribution in [0.2, 0.25) is 5.02 Å². The van der Waals surface area contributed by atoms with Crippen molar-refractivity contribution in [2.24, 2.45) is 5.92 Å². The summed E-state index contributed by atoms with van der Waals surface area (Å²) in [6, 6.07) is 7.73. The second-order valence-corrected chi connectivity index (χ2v) is 5.05. The third-order valence-corrected chi connectivity index (χ3v) is 3.56. The lowest BCUT2D eigenvalue weighted by Gasteiger charge is -2.25. The van der Waals surface area contributed by atoms with Crippen LogP contribution < -0.4 is 0 Å². The lowest BCUT2D eigenvalue weighted by Crippen LogP contribution is -2.22. The predicted molar refractivity (Wildman–Crippen MR) is 68.1 cm³/mol. The van der Waals surface area contributed by atoms with E-state index < -0.39 is 0 Å². The second kappa shape index (κ2) is 6.18. The van der Waals surface area contributed by atoms with Crippen LogP contribution in [0.4, 0.5) is 0 Å². The van der Waals surface area contributed by atoms with Crippen molar-refractivity contribution >= 4 is 17.9 Å². The first-order valence-corrected chi connectivity index (χ1v) is 6.47. The van der Waals surface area contributed by atoms with Crippen molar-refractivity contribution in [3.8, 4) is 0 Å². The van der Waals surface area contributed by atoms with Gasteiger partial charge in [-0.1, -0.05) is 23.7 Å². The topological polar surface area (TPSA) is 26.3 Å². The first-order chi connectivity index (χ1) is 8.28. The fourth-order valence-corrected chi connectivity index (χ4v) is 2.31. The Kier molecular flexibility index (Phi) is 4.57. The van der Waals surface area contributed by atoms with Crippen LogP contribution in [0.1, 0.15) is 31.2 Å². The van der Waals surface area contributed by atoms with Crippen LogP contribution in [0.5, 0.6) is 0 Å². The molecule has 0 heterocycles. The zero-order valence-corrected chi connectivity index (χ0v) is 10.5. The van der Waals surface area contributed by atoms with Crippen LogP contribution in [0, 0.1) is 5.92 Å². The normalized spacial score (nSPS) is 24.5. The largest absolute Gasteiger partial charge is 0.374 e. The highest BCUT2D eigenvalue weighted by atomic mass is 35.5. The van der Waals surface area contributed by atoms with Crippen LogP contribution in [0.25, 0.3) is 0 Å². The summed E-state index contributed by atoms with van der Waals surface area (Å²) in [5, 5.41) is 0.750. The Bertz CT molecular complexity index is 353. The van der Waals surface area contributed by atoms with E-state index in [-0.39, 0.29) is 5.92 Å². The van der Waals surface area contributed by atoms with Crippen LogP contribution in [-0.2, 0) is 16.1 Å². The molecule has 2 nitrogen and oxygen atoms in total. The average Bonchev–Trinajstić information content (AvgIpc) is 2.39. The molecule has 0 aromatic heterocycles. The van der Waals surface area contributed by atoms with Gasteiger partial charge in [0.25, 0.3) is 0 Å². The van der Waals surface area contributed by atoms with Gasteiger partial charge in [0.05, 0.1) is 12.7 Å². The summed E-state index contributed by atoms with van der Waals surface area (Å²) >= 11 is 5.82. The predicted octanol–water partition coefficient (Wildman–Crippen LogP) is 3.61. The number of halogens is 1. The number of ether oxygens (including phenoxy) is 1. The SMILES string of the molecule is O=C[C@H]1CC[C@@H](OCc2ccc(Cl)cc2)CC1. The third-order valence-electron chi connectivity index (χ3n) is 3.31. The van der Waals surface area contributed by atoms with E-state index in [1.54, 1.807) is 0 Å². The van der Waals surface area contributed by atoms with Crippen LogP contribution >= 0.6 is 11.6 Å². The molecule has 0 unspecified atom stereocenters. The number of benzene rings is 1. The number of aldehydes is 1. The van der Waals surface area contributed by atoms with Gasteiger partial charge in [-0.3, -0.25) is 0 Å². The molecule has 0 radical (unpaired) electrons. The Hall–Kier alpha value is -0.860. The maximum atomic E-state index is 10.6. The summed E-state index contributed by atoms with van der Waals surface area (Å²) in [7, 11) is 0. The van der Waals surface area contributed by atoms with Gasteiger partial charge in [-0.05, 0) is 43.4 Å². The molecule has 3 heteroatoms. The van der Waals surface area contributed by atoms with E-state index >= 15 is 0 Å². The van der Waals surface area contributed by atoms with Crippen molar-refractivity contribution in [1.29, 1.82) is 0 Å². The molecule has 0 aliphatic heterocycles. The molecule has 1 aliphatic rings. The third kappa shape index (κ3) is 3.83. The van der Waals surface area contributed by atoms with E-state index in [0.717, 1.165) is 42.6 Å². The quantitative estimate of drug-likeness (QED) is 0.765. The van der Waals surface area contributed by atoms with Crippen molar-refractivity contribution in [1.82, 2.24) is 0 Å². The summed E-state index contributed by atoms with van der Waals surface area (Å²) in [6.45, 7) is 0.633. The van der Waals surface area contributed by atoms with Gasteiger partial charge in [0, 0.05) is 10.9 Å². The van der Waals surface area contributed by atoms with Gasteiger partial charge in [-0.25, -0.2) is 0 Å². The molecule has 1 aliphatic carbocycles. The van der Waals surface area contributed by atoms with E-state index in [0.29, 0.717) is 12.7 Å². The molecule has 0 N–H and O–H groups in total. The highest BCUT2D eigenvalue weighted by molar-refractivity contribution is 6.30. The minimum atomic E-state index is 0.255. The second-order valence-electron chi connectivity index (χ2n) is 4.61. The molecular formula is C14H17ClO2. The monoisotopic (exact) mass is 252 g/mol. The Labute approximate surface area is 107 Å². The van der Waals surface area contributed by atoms with Crippen molar-refractivity contribution < 1.29 is 9.53 Å². The number of hydrogen-bond donors (Lipinski definition) is 0. The van der Waals surface area contributed by atoms with E-state index in [1.807, 2.05) is 24.3 Å². The van der Waals surface area contributed by atoms with Gasteiger partial charge in [0.1, 0.15) is 6.29 Å². The van der Waals surface area contributed by atoms with E-state index in [2.05, 4.69) is 0 Å². The Morgan fingerprint density at radius 2 is 1.82 bits per heavy atom. The van der Waals surface area contributed by atoms with Gasteiger partial charge < -0.3 is 9.53 Å². The molecule has 0 bridgehead atoms. The summed E-state index contributed by atoms with van der Waals surface area (Å²) in [4.78, 5) is 10.6. The minimum absolute atomic E-state index is 0.255. The standard InChI is InChI=1S/C14H17ClO2/c15-13-5-1-12(2-6-13)10-17-14-7-3-11(9-16)4-8-14/h1-2,5-6,9,11,14H,3-4,7-8,10H2/t11-,14+. The number of rotatable bonds is 4. The lowest BCUT2D eigenvalue weighted by atomic mass is 9.88. The van der Waals surface area contributed by atoms with Crippen LogP contribution in [0.3, 0.4) is 0 Å². The molecule has 17 heavy (non-hydrogen) atoms. The van der Waals surface area contributed by atoms with Gasteiger partial charge in [-0.15, -0.1) is 0 Å². The lowest BCUT2D eigenvalue weighted by molar-refractivity contribution is -0.113. The molecule has 92 valence electrons. The van der Waals surface area contributed by atoms with Crippen LogP contribution in [0.15, 0.2) is 24.3 Å². The molecule has 1 fully saturated rings. The molecule has 0 amide bonds. The molecule has 0 spiro atoms. The molecule has 0 saturated heterocycles. The fourth-order valence-electron chi connectivity index (χ4n) is 2.19. The summed E-state index contributed by atoms with van der Waals surface area (Å²) in [5.74, 6) is 0.255. The highest BCUT2D eigenvalue weighted by Gasteiger charge is 2.20. The van der Waals surface area contributed by atoms with Gasteiger partial charge in [0.2, 0.25) is 0 Å².